The summed E-state index contributed by atoms with van der Waals surface area (Å²) in [5.74, 6) is 1.52. The minimum atomic E-state index is -0.134. The maximum Gasteiger partial charge on any atom is 0.177 e. The summed E-state index contributed by atoms with van der Waals surface area (Å²) in [7, 11) is 0. The number of hydrogen-bond acceptors (Lipinski definition) is 3. The zero-order valence-corrected chi connectivity index (χ0v) is 11.7. The molecule has 0 N–H and O–H groups in total. The van der Waals surface area contributed by atoms with Crippen molar-refractivity contribution in [3.05, 3.63) is 42.2 Å². The van der Waals surface area contributed by atoms with Gasteiger partial charge in [0.15, 0.2) is 11.6 Å². The first-order valence-corrected chi connectivity index (χ1v) is 6.47. The molecule has 0 bridgehead atoms. The molecule has 0 aliphatic heterocycles. The summed E-state index contributed by atoms with van der Waals surface area (Å²) in [6.45, 7) is 6.37. The fourth-order valence-electron chi connectivity index (χ4n) is 2.40. The first-order valence-electron chi connectivity index (χ1n) is 6.47. The van der Waals surface area contributed by atoms with Crippen LogP contribution in [0, 0.1) is 11.3 Å². The van der Waals surface area contributed by atoms with Gasteiger partial charge in [0, 0.05) is 5.54 Å². The van der Waals surface area contributed by atoms with Crippen LogP contribution in [0.1, 0.15) is 26.3 Å². The molecule has 20 heavy (non-hydrogen) atoms. The Morgan fingerprint density at radius 3 is 2.65 bits per heavy atom. The molecule has 0 saturated heterocycles. The van der Waals surface area contributed by atoms with Crippen LogP contribution in [0.3, 0.4) is 0 Å². The highest BCUT2D eigenvalue weighted by atomic mass is 16.3. The first kappa shape index (κ1) is 12.5. The lowest BCUT2D eigenvalue weighted by Crippen LogP contribution is -2.22. The molecule has 3 rings (SSSR count). The summed E-state index contributed by atoms with van der Waals surface area (Å²) >= 11 is 0. The van der Waals surface area contributed by atoms with Gasteiger partial charge in [0.1, 0.15) is 0 Å². The Morgan fingerprint density at radius 2 is 2.05 bits per heavy atom. The number of imidazole rings is 1. The van der Waals surface area contributed by atoms with E-state index in [1.54, 1.807) is 6.26 Å². The third kappa shape index (κ3) is 1.88. The lowest BCUT2D eigenvalue weighted by molar-refractivity contribution is 0.408. The summed E-state index contributed by atoms with van der Waals surface area (Å²) in [5, 5.41) is 9.01. The Morgan fingerprint density at radius 1 is 1.25 bits per heavy atom. The van der Waals surface area contributed by atoms with Crippen LogP contribution in [0.15, 0.2) is 41.0 Å². The van der Waals surface area contributed by atoms with E-state index in [9.17, 15) is 0 Å². The normalized spacial score (nSPS) is 11.7. The predicted molar refractivity (Wildman–Crippen MR) is 77.1 cm³/mol. The van der Waals surface area contributed by atoms with Crippen molar-refractivity contribution >= 4 is 11.0 Å². The van der Waals surface area contributed by atoms with Crippen LogP contribution in [-0.2, 0) is 5.54 Å². The molecule has 4 nitrogen and oxygen atoms in total. The van der Waals surface area contributed by atoms with Gasteiger partial charge in [-0.1, -0.05) is 0 Å². The molecular weight excluding hydrogens is 250 g/mol. The molecule has 0 aliphatic carbocycles. The van der Waals surface area contributed by atoms with Crippen molar-refractivity contribution in [2.75, 3.05) is 0 Å². The Labute approximate surface area is 117 Å². The van der Waals surface area contributed by atoms with Gasteiger partial charge in [-0.2, -0.15) is 5.26 Å². The topological polar surface area (TPSA) is 54.8 Å². The number of aromatic nitrogens is 2. The average molecular weight is 265 g/mol. The summed E-state index contributed by atoms with van der Waals surface area (Å²) in [5.41, 5.74) is 2.29. The van der Waals surface area contributed by atoms with E-state index in [0.717, 1.165) is 22.6 Å². The Kier molecular flexibility index (Phi) is 2.65. The van der Waals surface area contributed by atoms with Crippen LogP contribution in [0.4, 0.5) is 0 Å². The molecule has 100 valence electrons. The number of benzene rings is 1. The lowest BCUT2D eigenvalue weighted by Gasteiger charge is -2.24. The fourth-order valence-corrected chi connectivity index (χ4v) is 2.40. The molecule has 0 unspecified atom stereocenters. The van der Waals surface area contributed by atoms with Gasteiger partial charge in [-0.15, -0.1) is 0 Å². The van der Waals surface area contributed by atoms with Gasteiger partial charge in [-0.25, -0.2) is 4.98 Å². The second-order valence-electron chi connectivity index (χ2n) is 5.73. The van der Waals surface area contributed by atoms with E-state index in [0.29, 0.717) is 5.56 Å². The summed E-state index contributed by atoms with van der Waals surface area (Å²) < 4.78 is 7.63. The van der Waals surface area contributed by atoms with E-state index in [4.69, 9.17) is 9.68 Å². The molecule has 0 spiro atoms. The average Bonchev–Trinajstić information content (AvgIpc) is 3.03. The second kappa shape index (κ2) is 4.24. The quantitative estimate of drug-likeness (QED) is 0.670. The number of rotatable bonds is 1. The fraction of sp³-hybridized carbons (Fsp3) is 0.250. The molecular formula is C16H15N3O. The standard InChI is InChI=1S/C16H15N3O/c1-16(2,3)19-13-7-6-11(10-17)9-12(13)18-15(19)14-5-4-8-20-14/h4-9H,1-3H3. The van der Waals surface area contributed by atoms with E-state index in [2.05, 4.69) is 36.4 Å². The van der Waals surface area contributed by atoms with Crippen LogP contribution >= 0.6 is 0 Å². The summed E-state index contributed by atoms with van der Waals surface area (Å²) in [4.78, 5) is 4.65. The molecule has 0 saturated carbocycles. The van der Waals surface area contributed by atoms with E-state index in [1.165, 1.54) is 0 Å². The van der Waals surface area contributed by atoms with Crippen LogP contribution in [0.2, 0.25) is 0 Å². The Balaban J connectivity index is 2.37. The van der Waals surface area contributed by atoms with Gasteiger partial charge in [-0.05, 0) is 51.1 Å². The minimum Gasteiger partial charge on any atom is -0.461 e. The van der Waals surface area contributed by atoms with Crippen molar-refractivity contribution in [3.8, 4) is 17.7 Å². The number of nitriles is 1. The molecule has 2 aromatic heterocycles. The SMILES string of the molecule is CC(C)(C)n1c(-c2ccco2)nc2cc(C#N)ccc21. The van der Waals surface area contributed by atoms with Gasteiger partial charge in [0.25, 0.3) is 0 Å². The maximum atomic E-state index is 9.01. The summed E-state index contributed by atoms with van der Waals surface area (Å²) in [6, 6.07) is 11.5. The van der Waals surface area contributed by atoms with Crippen LogP contribution in [-0.4, -0.2) is 9.55 Å². The molecule has 3 aromatic rings. The lowest BCUT2D eigenvalue weighted by atomic mass is 10.1. The number of fused-ring (bicyclic) bond motifs is 1. The Hall–Kier alpha value is -2.54. The highest BCUT2D eigenvalue weighted by Gasteiger charge is 2.23. The van der Waals surface area contributed by atoms with E-state index >= 15 is 0 Å². The number of hydrogen-bond donors (Lipinski definition) is 0. The van der Waals surface area contributed by atoms with Crippen LogP contribution < -0.4 is 0 Å². The first-order chi connectivity index (χ1) is 9.50. The van der Waals surface area contributed by atoms with Crippen molar-refractivity contribution in [2.45, 2.75) is 26.3 Å². The highest BCUT2D eigenvalue weighted by molar-refractivity contribution is 5.81. The van der Waals surface area contributed by atoms with Crippen LogP contribution in [0.25, 0.3) is 22.6 Å². The third-order valence-electron chi connectivity index (χ3n) is 3.20. The molecule has 0 aliphatic rings. The second-order valence-corrected chi connectivity index (χ2v) is 5.73. The molecule has 0 atom stereocenters. The van der Waals surface area contributed by atoms with E-state index < -0.39 is 0 Å². The largest absolute Gasteiger partial charge is 0.461 e. The van der Waals surface area contributed by atoms with E-state index in [1.807, 2.05) is 30.3 Å². The molecule has 1 aromatic carbocycles. The van der Waals surface area contributed by atoms with Crippen molar-refractivity contribution in [1.29, 1.82) is 5.26 Å². The zero-order chi connectivity index (χ0) is 14.3. The summed E-state index contributed by atoms with van der Waals surface area (Å²) in [6.07, 6.45) is 1.64. The van der Waals surface area contributed by atoms with Gasteiger partial charge in [0.05, 0.1) is 28.9 Å². The van der Waals surface area contributed by atoms with Crippen LogP contribution in [0.5, 0.6) is 0 Å². The van der Waals surface area contributed by atoms with E-state index in [-0.39, 0.29) is 5.54 Å². The van der Waals surface area contributed by atoms with Gasteiger partial charge < -0.3 is 8.98 Å². The predicted octanol–water partition coefficient (Wildman–Crippen LogP) is 3.92. The molecule has 0 amide bonds. The molecule has 0 fully saturated rings. The molecule has 2 heterocycles. The third-order valence-corrected chi connectivity index (χ3v) is 3.20. The molecule has 4 heteroatoms. The van der Waals surface area contributed by atoms with Crippen molar-refractivity contribution in [2.24, 2.45) is 0 Å². The van der Waals surface area contributed by atoms with Crippen molar-refractivity contribution < 1.29 is 4.42 Å². The number of nitrogens with zero attached hydrogens (tertiary/aromatic N) is 3. The molecule has 0 radical (unpaired) electrons. The van der Waals surface area contributed by atoms with Crippen molar-refractivity contribution in [1.82, 2.24) is 9.55 Å². The Bertz CT molecular complexity index is 799. The minimum absolute atomic E-state index is 0.134. The van der Waals surface area contributed by atoms with Gasteiger partial charge in [-0.3, -0.25) is 0 Å². The number of furan rings is 1. The highest BCUT2D eigenvalue weighted by Crippen LogP contribution is 2.31. The van der Waals surface area contributed by atoms with Crippen molar-refractivity contribution in [3.63, 3.8) is 0 Å². The van der Waals surface area contributed by atoms with Gasteiger partial charge >= 0.3 is 0 Å². The monoisotopic (exact) mass is 265 g/mol. The smallest absolute Gasteiger partial charge is 0.177 e. The zero-order valence-electron chi connectivity index (χ0n) is 11.7. The van der Waals surface area contributed by atoms with Gasteiger partial charge in [0.2, 0.25) is 0 Å². The maximum absolute atomic E-state index is 9.01.